The minimum Gasteiger partial charge on any atom is -0.284 e. The van der Waals surface area contributed by atoms with Gasteiger partial charge >= 0.3 is 0 Å². The van der Waals surface area contributed by atoms with E-state index < -0.39 is 14.9 Å². The van der Waals surface area contributed by atoms with E-state index in [4.69, 9.17) is 0 Å². The molecule has 0 unspecified atom stereocenters. The maximum atomic E-state index is 14.5. The van der Waals surface area contributed by atoms with Gasteiger partial charge in [-0.15, -0.1) is 0 Å². The fourth-order valence-electron chi connectivity index (χ4n) is 3.80. The van der Waals surface area contributed by atoms with Gasteiger partial charge in [0.15, 0.2) is 0 Å². The van der Waals surface area contributed by atoms with E-state index in [-0.39, 0.29) is 0 Å². The third-order valence-electron chi connectivity index (χ3n) is 5.49. The van der Waals surface area contributed by atoms with Gasteiger partial charge in [0.25, 0.3) is 0 Å². The number of hydrogen-bond acceptors (Lipinski definition) is 2. The first kappa shape index (κ1) is 27.8. The molecule has 0 N–H and O–H groups in total. The molecule has 0 atom stereocenters. The van der Waals surface area contributed by atoms with Gasteiger partial charge in [0.1, 0.15) is 0 Å². The van der Waals surface area contributed by atoms with Crippen LogP contribution in [0.5, 0.6) is 0 Å². The van der Waals surface area contributed by atoms with Crippen LogP contribution < -0.4 is 0 Å². The Morgan fingerprint density at radius 1 is 0.500 bits per heavy atom. The summed E-state index contributed by atoms with van der Waals surface area (Å²) >= 11 is 0. The van der Waals surface area contributed by atoms with Crippen LogP contribution in [0.3, 0.4) is 0 Å². The van der Waals surface area contributed by atoms with Crippen molar-refractivity contribution in [2.24, 2.45) is 0 Å². The molecule has 0 aromatic carbocycles. The third kappa shape index (κ3) is 5.09. The van der Waals surface area contributed by atoms with Gasteiger partial charge in [-0.05, 0) is 0 Å². The molecule has 0 aliphatic carbocycles. The smallest absolute Gasteiger partial charge is 0.245 e. The van der Waals surface area contributed by atoms with Crippen molar-refractivity contribution in [2.75, 3.05) is 52.4 Å². The van der Waals surface area contributed by atoms with E-state index in [2.05, 4.69) is 13.2 Å². The Hall–Kier alpha value is -0.220. The molecule has 166 valence electrons. The third-order valence-corrected chi connectivity index (χ3v) is 12.9. The molecule has 6 nitrogen and oxygen atoms in total. The maximum absolute atomic E-state index is 14.5. The summed E-state index contributed by atoms with van der Waals surface area (Å²) in [5, 5.41) is 0.865. The predicted octanol–water partition coefficient (Wildman–Crippen LogP) is 5.77. The summed E-state index contributed by atoms with van der Waals surface area (Å²) in [6, 6.07) is 0. The van der Waals surface area contributed by atoms with Crippen LogP contribution in [0.1, 0.15) is 55.4 Å². The fraction of sp³-hybridized carbons (Fsp3) is 0.800. The average Bonchev–Trinajstić information content (AvgIpc) is 2.70. The Morgan fingerprint density at radius 3 is 0.750 bits per heavy atom. The highest BCUT2D eigenvalue weighted by Crippen LogP contribution is 2.70. The second-order valence-corrected chi connectivity index (χ2v) is 12.1. The predicted molar refractivity (Wildman–Crippen MR) is 125 cm³/mol. The van der Waals surface area contributed by atoms with Crippen LogP contribution in [0.15, 0.2) is 23.8 Å². The molecule has 0 aliphatic rings. The second kappa shape index (κ2) is 12.5. The van der Waals surface area contributed by atoms with Crippen LogP contribution in [0, 0.1) is 0 Å². The first-order chi connectivity index (χ1) is 13.1. The lowest BCUT2D eigenvalue weighted by Gasteiger charge is -2.43. The van der Waals surface area contributed by atoms with Crippen molar-refractivity contribution in [1.82, 2.24) is 18.7 Å². The van der Waals surface area contributed by atoms with Crippen molar-refractivity contribution in [1.29, 1.82) is 0 Å². The van der Waals surface area contributed by atoms with Crippen molar-refractivity contribution >= 4 is 14.9 Å². The maximum Gasteiger partial charge on any atom is 0.245 e. The zero-order valence-corrected chi connectivity index (χ0v) is 21.4. The Bertz CT molecular complexity index is 509. The van der Waals surface area contributed by atoms with E-state index in [0.717, 1.165) is 0 Å². The molecule has 0 aromatic heterocycles. The highest BCUT2D eigenvalue weighted by molar-refractivity contribution is 7.69. The standard InChI is InChI=1S/C20H44N4O2P2/c1-11-21(12-2)27(25,22(13-3)14-4)19(9)20(10)28(26,23(15-5)16-6)24(17-7)18-8/h9-18H2,1-8H3. The number of rotatable bonds is 15. The fourth-order valence-corrected chi connectivity index (χ4v) is 10.4. The lowest BCUT2D eigenvalue weighted by molar-refractivity contribution is 0.360. The quantitative estimate of drug-likeness (QED) is 0.241. The summed E-state index contributed by atoms with van der Waals surface area (Å²) < 4.78 is 36.8. The largest absolute Gasteiger partial charge is 0.284 e. The number of nitrogens with zero attached hydrogens (tertiary/aromatic N) is 4. The minimum atomic E-state index is -3.16. The number of hydrogen-bond donors (Lipinski definition) is 0. The Kier molecular flexibility index (Phi) is 12.4. The van der Waals surface area contributed by atoms with Crippen molar-refractivity contribution in [2.45, 2.75) is 55.4 Å². The van der Waals surface area contributed by atoms with E-state index in [0.29, 0.717) is 63.0 Å². The van der Waals surface area contributed by atoms with E-state index in [1.807, 2.05) is 74.1 Å². The molecule has 0 aliphatic heterocycles. The molecule has 28 heavy (non-hydrogen) atoms. The van der Waals surface area contributed by atoms with Crippen molar-refractivity contribution < 1.29 is 9.13 Å². The summed E-state index contributed by atoms with van der Waals surface area (Å²) in [6.45, 7) is 29.6. The summed E-state index contributed by atoms with van der Waals surface area (Å²) in [5.74, 6) is 0. The van der Waals surface area contributed by atoms with Gasteiger partial charge in [0, 0.05) is 63.0 Å². The summed E-state index contributed by atoms with van der Waals surface area (Å²) in [7, 11) is -6.31. The monoisotopic (exact) mass is 434 g/mol. The first-order valence-corrected chi connectivity index (χ1v) is 14.0. The molecule has 0 spiro atoms. The molecule has 0 rings (SSSR count). The zero-order valence-electron chi connectivity index (χ0n) is 19.6. The summed E-state index contributed by atoms with van der Waals surface area (Å²) in [4.78, 5) is 0. The molecule has 0 aromatic rings. The summed E-state index contributed by atoms with van der Waals surface area (Å²) in [5.41, 5.74) is 0. The molecule has 0 saturated heterocycles. The van der Waals surface area contributed by atoms with E-state index in [1.165, 1.54) is 0 Å². The molecular formula is C20H44N4O2P2. The van der Waals surface area contributed by atoms with Gasteiger partial charge < -0.3 is 0 Å². The average molecular weight is 435 g/mol. The van der Waals surface area contributed by atoms with Gasteiger partial charge in [-0.3, -0.25) is 9.13 Å². The molecular weight excluding hydrogens is 390 g/mol. The molecule has 0 amide bonds. The van der Waals surface area contributed by atoms with Crippen LogP contribution in [0.4, 0.5) is 0 Å². The Labute approximate surface area is 174 Å². The molecule has 0 heterocycles. The SMILES string of the molecule is C=C(C(=C)P(=O)(N(CC)CC)N(CC)CC)P(=O)(N(CC)CC)N(CC)CC. The number of allylic oxidation sites excluding steroid dienone is 2. The van der Waals surface area contributed by atoms with Crippen LogP contribution in [0.25, 0.3) is 0 Å². The highest BCUT2D eigenvalue weighted by atomic mass is 31.2. The van der Waals surface area contributed by atoms with E-state index >= 15 is 0 Å². The first-order valence-electron chi connectivity index (χ1n) is 10.8. The van der Waals surface area contributed by atoms with E-state index in [9.17, 15) is 9.13 Å². The normalized spacial score (nSPS) is 13.1. The van der Waals surface area contributed by atoms with Crippen LogP contribution >= 0.6 is 14.9 Å². The zero-order chi connectivity index (χ0) is 22.1. The molecule has 0 bridgehead atoms. The van der Waals surface area contributed by atoms with Crippen LogP contribution in [-0.4, -0.2) is 71.0 Å². The lowest BCUT2D eigenvalue weighted by Crippen LogP contribution is -2.35. The van der Waals surface area contributed by atoms with Gasteiger partial charge in [-0.2, -0.15) is 0 Å². The Balaban J connectivity index is 6.60. The minimum absolute atomic E-state index is 0.432. The van der Waals surface area contributed by atoms with Gasteiger partial charge in [-0.25, -0.2) is 18.7 Å². The van der Waals surface area contributed by atoms with Gasteiger partial charge in [0.2, 0.25) is 14.9 Å². The lowest BCUT2D eigenvalue weighted by atomic mass is 10.6. The van der Waals surface area contributed by atoms with Crippen LogP contribution in [0.2, 0.25) is 0 Å². The molecule has 0 saturated carbocycles. The molecule has 0 fully saturated rings. The molecule has 0 radical (unpaired) electrons. The Morgan fingerprint density at radius 2 is 0.643 bits per heavy atom. The summed E-state index contributed by atoms with van der Waals surface area (Å²) in [6.07, 6.45) is 0. The topological polar surface area (TPSA) is 47.1 Å². The molecule has 8 heteroatoms. The van der Waals surface area contributed by atoms with Crippen LogP contribution in [-0.2, 0) is 9.13 Å². The van der Waals surface area contributed by atoms with E-state index in [1.54, 1.807) is 0 Å². The highest BCUT2D eigenvalue weighted by Gasteiger charge is 2.46. The van der Waals surface area contributed by atoms with Gasteiger partial charge in [0.05, 0.1) is 0 Å². The van der Waals surface area contributed by atoms with Crippen molar-refractivity contribution in [3.05, 3.63) is 23.8 Å². The second-order valence-electron chi connectivity index (χ2n) is 6.54. The van der Waals surface area contributed by atoms with Crippen molar-refractivity contribution in [3.8, 4) is 0 Å². The van der Waals surface area contributed by atoms with Crippen molar-refractivity contribution in [3.63, 3.8) is 0 Å². The van der Waals surface area contributed by atoms with Gasteiger partial charge in [-0.1, -0.05) is 68.5 Å².